The maximum absolute atomic E-state index is 10.7. The first-order valence-corrected chi connectivity index (χ1v) is 7.32. The number of nitrogens with one attached hydrogen (secondary N) is 1. The standard InChI is InChI=1S/C16H25NO4/c1-10-7-8-17-12(9-10)14(18)11-5-6-13(19-2)16(21-4)15(11)20-3/h5-6,10,12,14,17-18H,7-9H2,1-4H3. The topological polar surface area (TPSA) is 60.0 Å². The number of aliphatic hydroxyl groups excluding tert-OH is 1. The normalized spacial score (nSPS) is 23.5. The molecule has 1 aliphatic heterocycles. The second-order valence-corrected chi connectivity index (χ2v) is 5.56. The average molecular weight is 295 g/mol. The van der Waals surface area contributed by atoms with E-state index in [-0.39, 0.29) is 6.04 Å². The summed E-state index contributed by atoms with van der Waals surface area (Å²) in [5.74, 6) is 2.25. The van der Waals surface area contributed by atoms with Crippen molar-refractivity contribution in [2.75, 3.05) is 27.9 Å². The van der Waals surface area contributed by atoms with E-state index in [0.29, 0.717) is 23.2 Å². The summed E-state index contributed by atoms with van der Waals surface area (Å²) in [5, 5.41) is 14.1. The Labute approximate surface area is 126 Å². The lowest BCUT2D eigenvalue weighted by Crippen LogP contribution is -2.41. The van der Waals surface area contributed by atoms with Gasteiger partial charge in [0.05, 0.1) is 27.4 Å². The third kappa shape index (κ3) is 3.24. The number of piperidine rings is 1. The summed E-state index contributed by atoms with van der Waals surface area (Å²) in [6.07, 6.45) is 1.45. The van der Waals surface area contributed by atoms with Crippen molar-refractivity contribution in [1.29, 1.82) is 0 Å². The van der Waals surface area contributed by atoms with Crippen LogP contribution in [0, 0.1) is 5.92 Å². The van der Waals surface area contributed by atoms with Crippen LogP contribution in [0.5, 0.6) is 17.2 Å². The molecule has 0 aromatic heterocycles. The number of hydrogen-bond donors (Lipinski definition) is 2. The molecule has 2 N–H and O–H groups in total. The molecule has 118 valence electrons. The number of methoxy groups -OCH3 is 3. The lowest BCUT2D eigenvalue weighted by Gasteiger charge is -2.32. The van der Waals surface area contributed by atoms with E-state index >= 15 is 0 Å². The Kier molecular flexibility index (Phi) is 5.31. The molecule has 5 heteroatoms. The van der Waals surface area contributed by atoms with Gasteiger partial charge in [0, 0.05) is 11.6 Å². The predicted molar refractivity (Wildman–Crippen MR) is 81.2 cm³/mol. The lowest BCUT2D eigenvalue weighted by molar-refractivity contribution is 0.0983. The van der Waals surface area contributed by atoms with E-state index in [1.807, 2.05) is 6.07 Å². The lowest BCUT2D eigenvalue weighted by atomic mass is 9.88. The van der Waals surface area contributed by atoms with Gasteiger partial charge in [-0.05, 0) is 37.4 Å². The molecule has 0 radical (unpaired) electrons. The fraction of sp³-hybridized carbons (Fsp3) is 0.625. The predicted octanol–water partition coefficient (Wildman–Crippen LogP) is 2.13. The summed E-state index contributed by atoms with van der Waals surface area (Å²) in [6, 6.07) is 3.67. The summed E-state index contributed by atoms with van der Waals surface area (Å²) < 4.78 is 16.1. The van der Waals surface area contributed by atoms with Crippen molar-refractivity contribution in [3.63, 3.8) is 0 Å². The van der Waals surface area contributed by atoms with Crippen LogP contribution in [-0.4, -0.2) is 39.0 Å². The van der Waals surface area contributed by atoms with Crippen LogP contribution in [0.25, 0.3) is 0 Å². The molecule has 3 unspecified atom stereocenters. The first-order valence-electron chi connectivity index (χ1n) is 7.32. The van der Waals surface area contributed by atoms with Gasteiger partial charge in [0.25, 0.3) is 0 Å². The van der Waals surface area contributed by atoms with Crippen LogP contribution in [0.15, 0.2) is 12.1 Å². The first kappa shape index (κ1) is 15.9. The van der Waals surface area contributed by atoms with Crippen molar-refractivity contribution in [3.05, 3.63) is 17.7 Å². The molecule has 3 atom stereocenters. The number of ether oxygens (including phenoxy) is 3. The third-order valence-electron chi connectivity index (χ3n) is 4.13. The number of rotatable bonds is 5. The molecule has 1 fully saturated rings. The van der Waals surface area contributed by atoms with Gasteiger partial charge in [0.1, 0.15) is 0 Å². The van der Waals surface area contributed by atoms with Crippen LogP contribution in [0.2, 0.25) is 0 Å². The van der Waals surface area contributed by atoms with Crippen LogP contribution in [0.1, 0.15) is 31.4 Å². The maximum Gasteiger partial charge on any atom is 0.203 e. The maximum atomic E-state index is 10.7. The monoisotopic (exact) mass is 295 g/mol. The Balaban J connectivity index is 2.33. The zero-order chi connectivity index (χ0) is 15.4. The molecule has 21 heavy (non-hydrogen) atoms. The van der Waals surface area contributed by atoms with Crippen molar-refractivity contribution in [3.8, 4) is 17.2 Å². The first-order chi connectivity index (χ1) is 10.1. The Morgan fingerprint density at radius 3 is 2.43 bits per heavy atom. The minimum absolute atomic E-state index is 0.0285. The van der Waals surface area contributed by atoms with Crippen molar-refractivity contribution in [2.45, 2.75) is 31.9 Å². The molecule has 1 heterocycles. The van der Waals surface area contributed by atoms with Crippen molar-refractivity contribution in [2.24, 2.45) is 5.92 Å². The van der Waals surface area contributed by atoms with E-state index in [1.165, 1.54) is 0 Å². The average Bonchev–Trinajstić information content (AvgIpc) is 2.52. The number of hydrogen-bond acceptors (Lipinski definition) is 5. The van der Waals surface area contributed by atoms with Gasteiger partial charge >= 0.3 is 0 Å². The van der Waals surface area contributed by atoms with E-state index < -0.39 is 6.10 Å². The SMILES string of the molecule is COc1ccc(C(O)C2CC(C)CCN2)c(OC)c1OC. The zero-order valence-electron chi connectivity index (χ0n) is 13.2. The van der Waals surface area contributed by atoms with Gasteiger partial charge in [-0.15, -0.1) is 0 Å². The molecule has 1 saturated heterocycles. The van der Waals surface area contributed by atoms with Crippen molar-refractivity contribution in [1.82, 2.24) is 5.32 Å². The van der Waals surface area contributed by atoms with Gasteiger partial charge < -0.3 is 24.6 Å². The molecule has 0 aliphatic carbocycles. The summed E-state index contributed by atoms with van der Waals surface area (Å²) in [5.41, 5.74) is 0.724. The van der Waals surface area contributed by atoms with E-state index in [2.05, 4.69) is 12.2 Å². The van der Waals surface area contributed by atoms with Gasteiger partial charge in [0.2, 0.25) is 5.75 Å². The zero-order valence-corrected chi connectivity index (χ0v) is 13.2. The molecular formula is C16H25NO4. The largest absolute Gasteiger partial charge is 0.493 e. The molecule has 1 aromatic rings. The van der Waals surface area contributed by atoms with Crippen LogP contribution >= 0.6 is 0 Å². The highest BCUT2D eigenvalue weighted by molar-refractivity contribution is 5.56. The summed E-state index contributed by atoms with van der Waals surface area (Å²) in [6.45, 7) is 3.14. The summed E-state index contributed by atoms with van der Waals surface area (Å²) >= 11 is 0. The molecule has 0 amide bonds. The van der Waals surface area contributed by atoms with Gasteiger partial charge in [-0.3, -0.25) is 0 Å². The highest BCUT2D eigenvalue weighted by Gasteiger charge is 2.29. The van der Waals surface area contributed by atoms with Gasteiger partial charge in [-0.2, -0.15) is 0 Å². The highest BCUT2D eigenvalue weighted by atomic mass is 16.5. The molecule has 0 saturated carbocycles. The quantitative estimate of drug-likeness (QED) is 0.871. The molecule has 2 rings (SSSR count). The van der Waals surface area contributed by atoms with E-state index in [0.717, 1.165) is 24.9 Å². The molecule has 1 aromatic carbocycles. The smallest absolute Gasteiger partial charge is 0.203 e. The van der Waals surface area contributed by atoms with Gasteiger partial charge in [-0.25, -0.2) is 0 Å². The summed E-state index contributed by atoms with van der Waals surface area (Å²) in [4.78, 5) is 0. The minimum Gasteiger partial charge on any atom is -0.493 e. The molecule has 0 spiro atoms. The Morgan fingerprint density at radius 2 is 1.86 bits per heavy atom. The van der Waals surface area contributed by atoms with E-state index in [4.69, 9.17) is 14.2 Å². The van der Waals surface area contributed by atoms with Crippen LogP contribution < -0.4 is 19.5 Å². The summed E-state index contributed by atoms with van der Waals surface area (Å²) in [7, 11) is 4.72. The van der Waals surface area contributed by atoms with E-state index in [1.54, 1.807) is 27.4 Å². The van der Waals surface area contributed by atoms with Crippen LogP contribution in [0.4, 0.5) is 0 Å². The molecule has 0 bridgehead atoms. The highest BCUT2D eigenvalue weighted by Crippen LogP contribution is 2.43. The second kappa shape index (κ2) is 7.00. The van der Waals surface area contributed by atoms with Gasteiger partial charge in [-0.1, -0.05) is 6.92 Å². The van der Waals surface area contributed by atoms with Crippen LogP contribution in [-0.2, 0) is 0 Å². The third-order valence-corrected chi connectivity index (χ3v) is 4.13. The number of benzene rings is 1. The second-order valence-electron chi connectivity index (χ2n) is 5.56. The minimum atomic E-state index is -0.637. The van der Waals surface area contributed by atoms with Crippen molar-refractivity contribution < 1.29 is 19.3 Å². The van der Waals surface area contributed by atoms with E-state index in [9.17, 15) is 5.11 Å². The Bertz CT molecular complexity index is 478. The Morgan fingerprint density at radius 1 is 1.14 bits per heavy atom. The fourth-order valence-electron chi connectivity index (χ4n) is 2.96. The van der Waals surface area contributed by atoms with Gasteiger partial charge in [0.15, 0.2) is 11.5 Å². The number of aliphatic hydroxyl groups is 1. The molecule has 5 nitrogen and oxygen atoms in total. The van der Waals surface area contributed by atoms with Crippen molar-refractivity contribution >= 4 is 0 Å². The molecular weight excluding hydrogens is 270 g/mol. The fourth-order valence-corrected chi connectivity index (χ4v) is 2.96. The Hall–Kier alpha value is -1.46. The van der Waals surface area contributed by atoms with Crippen LogP contribution in [0.3, 0.4) is 0 Å². The molecule has 1 aliphatic rings.